The molecule has 1 aliphatic heterocycles. The van der Waals surface area contributed by atoms with Crippen LogP contribution in [0.5, 0.6) is 5.75 Å². The first kappa shape index (κ1) is 19.9. The van der Waals surface area contributed by atoms with Gasteiger partial charge in [-0.05, 0) is 31.3 Å². The van der Waals surface area contributed by atoms with Crippen molar-refractivity contribution in [3.05, 3.63) is 52.6 Å². The van der Waals surface area contributed by atoms with Gasteiger partial charge in [-0.25, -0.2) is 13.1 Å². The first-order valence-corrected chi connectivity index (χ1v) is 10.2. The van der Waals surface area contributed by atoms with Gasteiger partial charge < -0.3 is 14.5 Å². The highest BCUT2D eigenvalue weighted by molar-refractivity contribution is 7.89. The molecule has 2 aromatic carbocycles. The molecule has 0 aliphatic carbocycles. The summed E-state index contributed by atoms with van der Waals surface area (Å²) in [5.41, 5.74) is 1.18. The fraction of sp³-hybridized carbons (Fsp3) is 0.333. The molecule has 3 rings (SSSR count). The molecule has 0 bridgehead atoms. The summed E-state index contributed by atoms with van der Waals surface area (Å²) in [5.74, 6) is 0.781. The lowest BCUT2D eigenvalue weighted by atomic mass is 10.2. The summed E-state index contributed by atoms with van der Waals surface area (Å²) in [4.78, 5) is 14.9. The maximum absolute atomic E-state index is 12.0. The van der Waals surface area contributed by atoms with Crippen molar-refractivity contribution in [3.8, 4) is 5.75 Å². The van der Waals surface area contributed by atoms with E-state index in [1.54, 1.807) is 7.11 Å². The lowest BCUT2D eigenvalue weighted by Crippen LogP contribution is -2.46. The van der Waals surface area contributed by atoms with E-state index in [0.29, 0.717) is 31.9 Å². The van der Waals surface area contributed by atoms with E-state index < -0.39 is 14.9 Å². The summed E-state index contributed by atoms with van der Waals surface area (Å²) in [6, 6.07) is 11.7. The van der Waals surface area contributed by atoms with E-state index in [9.17, 15) is 18.5 Å². The van der Waals surface area contributed by atoms with Crippen molar-refractivity contribution in [1.29, 1.82) is 0 Å². The number of nitrogens with zero attached hydrogens (tertiary/aromatic N) is 3. The van der Waals surface area contributed by atoms with Crippen LogP contribution in [0.1, 0.15) is 0 Å². The van der Waals surface area contributed by atoms with Gasteiger partial charge in [-0.2, -0.15) is 0 Å². The van der Waals surface area contributed by atoms with Crippen LogP contribution in [0.4, 0.5) is 17.1 Å². The number of nitro benzene ring substituents is 1. The first-order valence-electron chi connectivity index (χ1n) is 8.72. The predicted octanol–water partition coefficient (Wildman–Crippen LogP) is 1.84. The van der Waals surface area contributed by atoms with Crippen LogP contribution < -0.4 is 19.3 Å². The number of anilines is 2. The third-order valence-corrected chi connectivity index (χ3v) is 6.18. The van der Waals surface area contributed by atoms with E-state index in [0.717, 1.165) is 17.5 Å². The van der Waals surface area contributed by atoms with E-state index in [2.05, 4.69) is 9.62 Å². The number of benzene rings is 2. The number of hydrogen-bond donors (Lipinski definition) is 1. The number of rotatable bonds is 6. The molecular formula is C18H22N4O5S. The van der Waals surface area contributed by atoms with Crippen LogP contribution in [0.3, 0.4) is 0 Å². The van der Waals surface area contributed by atoms with Crippen LogP contribution in [0.2, 0.25) is 0 Å². The van der Waals surface area contributed by atoms with Crippen molar-refractivity contribution >= 4 is 27.1 Å². The van der Waals surface area contributed by atoms with Gasteiger partial charge in [0.1, 0.15) is 11.4 Å². The van der Waals surface area contributed by atoms with Crippen LogP contribution in [0.15, 0.2) is 47.4 Å². The Kier molecular flexibility index (Phi) is 5.71. The predicted molar refractivity (Wildman–Crippen MR) is 107 cm³/mol. The molecule has 0 aromatic heterocycles. The molecule has 1 fully saturated rings. The molecule has 0 saturated carbocycles. The molecular weight excluding hydrogens is 384 g/mol. The molecule has 2 aromatic rings. The number of sulfonamides is 1. The van der Waals surface area contributed by atoms with Crippen LogP contribution in [0.25, 0.3) is 0 Å². The fourth-order valence-electron chi connectivity index (χ4n) is 3.28. The number of nitro groups is 1. The third kappa shape index (κ3) is 3.87. The molecule has 9 nitrogen and oxygen atoms in total. The third-order valence-electron chi connectivity index (χ3n) is 4.77. The zero-order valence-corrected chi connectivity index (χ0v) is 16.5. The Balaban J connectivity index is 1.83. The van der Waals surface area contributed by atoms with Gasteiger partial charge in [-0.15, -0.1) is 0 Å². The van der Waals surface area contributed by atoms with Crippen molar-refractivity contribution < 1.29 is 18.1 Å². The van der Waals surface area contributed by atoms with E-state index in [4.69, 9.17) is 4.74 Å². The van der Waals surface area contributed by atoms with Gasteiger partial charge in [0.05, 0.1) is 22.6 Å². The van der Waals surface area contributed by atoms with Gasteiger partial charge in [-0.1, -0.05) is 12.1 Å². The van der Waals surface area contributed by atoms with Gasteiger partial charge in [0.25, 0.3) is 5.69 Å². The van der Waals surface area contributed by atoms with Crippen LogP contribution in [-0.2, 0) is 10.0 Å². The molecule has 1 heterocycles. The molecule has 0 radical (unpaired) electrons. The monoisotopic (exact) mass is 406 g/mol. The Morgan fingerprint density at radius 2 is 1.64 bits per heavy atom. The molecule has 150 valence electrons. The van der Waals surface area contributed by atoms with Crippen LogP contribution >= 0.6 is 0 Å². The maximum Gasteiger partial charge on any atom is 0.293 e. The van der Waals surface area contributed by atoms with Crippen LogP contribution in [0, 0.1) is 10.1 Å². The van der Waals surface area contributed by atoms with Crippen molar-refractivity contribution in [3.63, 3.8) is 0 Å². The number of ether oxygens (including phenoxy) is 1. The summed E-state index contributed by atoms with van der Waals surface area (Å²) >= 11 is 0. The van der Waals surface area contributed by atoms with Crippen molar-refractivity contribution in [1.82, 2.24) is 4.72 Å². The lowest BCUT2D eigenvalue weighted by molar-refractivity contribution is -0.384. The molecule has 1 N–H and O–H groups in total. The molecule has 0 atom stereocenters. The van der Waals surface area contributed by atoms with Gasteiger partial charge in [0, 0.05) is 32.2 Å². The second kappa shape index (κ2) is 8.03. The first-order chi connectivity index (χ1) is 13.4. The number of hydrogen-bond acceptors (Lipinski definition) is 7. The van der Waals surface area contributed by atoms with Gasteiger partial charge in [0.2, 0.25) is 10.0 Å². The summed E-state index contributed by atoms with van der Waals surface area (Å²) in [6.07, 6.45) is 0. The zero-order valence-electron chi connectivity index (χ0n) is 15.7. The Bertz CT molecular complexity index is 972. The Labute approximate surface area is 163 Å². The number of para-hydroxylation sites is 2. The average Bonchev–Trinajstić information content (AvgIpc) is 2.73. The topological polar surface area (TPSA) is 105 Å². The molecule has 1 saturated heterocycles. The smallest absolute Gasteiger partial charge is 0.293 e. The van der Waals surface area contributed by atoms with E-state index in [-0.39, 0.29) is 10.6 Å². The van der Waals surface area contributed by atoms with E-state index in [1.165, 1.54) is 19.2 Å². The number of piperazine rings is 1. The molecule has 0 unspecified atom stereocenters. The summed E-state index contributed by atoms with van der Waals surface area (Å²) < 4.78 is 31.5. The minimum absolute atomic E-state index is 0.127. The second-order valence-corrected chi connectivity index (χ2v) is 8.15. The second-order valence-electron chi connectivity index (χ2n) is 6.26. The van der Waals surface area contributed by atoms with Gasteiger partial charge in [-0.3, -0.25) is 10.1 Å². The SMILES string of the molecule is CNS(=O)(=O)c1ccc(N2CCN(c3ccccc3OC)CC2)c([N+](=O)[O-])c1. The van der Waals surface area contributed by atoms with Crippen molar-refractivity contribution in [2.75, 3.05) is 50.1 Å². The quantitative estimate of drug-likeness (QED) is 0.576. The highest BCUT2D eigenvalue weighted by Gasteiger charge is 2.27. The average molecular weight is 406 g/mol. The Hall–Kier alpha value is -2.85. The summed E-state index contributed by atoms with van der Waals surface area (Å²) in [7, 11) is -0.855. The van der Waals surface area contributed by atoms with E-state index >= 15 is 0 Å². The summed E-state index contributed by atoms with van der Waals surface area (Å²) in [5, 5.41) is 11.5. The lowest BCUT2D eigenvalue weighted by Gasteiger charge is -2.37. The highest BCUT2D eigenvalue weighted by Crippen LogP contribution is 2.33. The van der Waals surface area contributed by atoms with E-state index in [1.807, 2.05) is 29.2 Å². The van der Waals surface area contributed by atoms with Gasteiger partial charge in [0.15, 0.2) is 0 Å². The normalized spacial score (nSPS) is 14.8. The molecule has 0 amide bonds. The molecule has 10 heteroatoms. The number of methoxy groups -OCH3 is 1. The largest absolute Gasteiger partial charge is 0.495 e. The van der Waals surface area contributed by atoms with Gasteiger partial charge >= 0.3 is 0 Å². The zero-order chi connectivity index (χ0) is 20.3. The van der Waals surface area contributed by atoms with Crippen LogP contribution in [-0.4, -0.2) is 53.7 Å². The maximum atomic E-state index is 12.0. The minimum Gasteiger partial charge on any atom is -0.495 e. The summed E-state index contributed by atoms with van der Waals surface area (Å²) in [6.45, 7) is 2.45. The Morgan fingerprint density at radius 1 is 1.04 bits per heavy atom. The molecule has 0 spiro atoms. The minimum atomic E-state index is -3.75. The molecule has 28 heavy (non-hydrogen) atoms. The Morgan fingerprint density at radius 3 is 2.21 bits per heavy atom. The highest BCUT2D eigenvalue weighted by atomic mass is 32.2. The molecule has 1 aliphatic rings. The number of nitrogens with one attached hydrogen (secondary N) is 1. The standard InChI is InChI=1S/C18H22N4O5S/c1-19-28(25,26)14-7-8-15(17(13-14)22(23)24)20-9-11-21(12-10-20)16-5-3-4-6-18(16)27-2/h3-8,13,19H,9-12H2,1-2H3. The van der Waals surface area contributed by atoms with Crippen molar-refractivity contribution in [2.24, 2.45) is 0 Å². The van der Waals surface area contributed by atoms with Crippen molar-refractivity contribution in [2.45, 2.75) is 4.90 Å². The fourth-order valence-corrected chi connectivity index (χ4v) is 4.03.